The molecule has 68 heavy (non-hydrogen) atoms. The average Bonchev–Trinajstić information content (AvgIpc) is 3.92. The van der Waals surface area contributed by atoms with Crippen LogP contribution in [-0.4, -0.2) is 24.1 Å². The Morgan fingerprint density at radius 1 is 0.250 bits per heavy atom. The van der Waals surface area contributed by atoms with Crippen LogP contribution in [0.5, 0.6) is 0 Å². The second-order valence-corrected chi connectivity index (χ2v) is 17.6. The monoisotopic (exact) mass is 865 g/mol. The number of nitrogens with zero attached hydrogens (tertiary/aromatic N) is 5. The first-order valence-electron chi connectivity index (χ1n) is 23.1. The normalized spacial score (nSPS) is 11.8. The molecule has 0 fully saturated rings. The summed E-state index contributed by atoms with van der Waals surface area (Å²) in [4.78, 5) is 15.9. The van der Waals surface area contributed by atoms with E-state index in [4.69, 9.17) is 15.0 Å². The maximum Gasteiger partial charge on any atom is 0.164 e. The van der Waals surface area contributed by atoms with Gasteiger partial charge in [-0.1, -0.05) is 188 Å². The fourth-order valence-corrected chi connectivity index (χ4v) is 10.6. The van der Waals surface area contributed by atoms with Crippen LogP contribution in [0.1, 0.15) is 0 Å². The molecule has 0 bridgehead atoms. The first-order chi connectivity index (χ1) is 33.7. The van der Waals surface area contributed by atoms with Crippen LogP contribution in [0.2, 0.25) is 0 Å². The van der Waals surface area contributed by atoms with Crippen molar-refractivity contribution in [2.45, 2.75) is 0 Å². The van der Waals surface area contributed by atoms with E-state index in [0.29, 0.717) is 17.5 Å². The molecule has 0 N–H and O–H groups in total. The number of fused-ring (bicyclic) bond motifs is 10. The Hall–Kier alpha value is -9.19. The van der Waals surface area contributed by atoms with E-state index in [1.807, 2.05) is 6.07 Å². The van der Waals surface area contributed by atoms with Gasteiger partial charge in [0.05, 0.1) is 22.1 Å². The highest BCUT2D eigenvalue weighted by Crippen LogP contribution is 2.41. The molecule has 0 aliphatic rings. The highest BCUT2D eigenvalue weighted by molar-refractivity contribution is 6.19. The van der Waals surface area contributed by atoms with E-state index in [-0.39, 0.29) is 0 Å². The molecule has 0 aliphatic carbocycles. The fraction of sp³-hybridized carbons (Fsp3) is 0. The predicted molar refractivity (Wildman–Crippen MR) is 283 cm³/mol. The quantitative estimate of drug-likeness (QED) is 0.167. The summed E-state index contributed by atoms with van der Waals surface area (Å²) in [6.07, 6.45) is 0. The van der Waals surface area contributed by atoms with Crippen molar-refractivity contribution in [1.82, 2.24) is 24.1 Å². The van der Waals surface area contributed by atoms with Crippen LogP contribution in [0.3, 0.4) is 0 Å². The van der Waals surface area contributed by atoms with Crippen molar-refractivity contribution >= 4 is 75.9 Å². The molecule has 0 saturated heterocycles. The van der Waals surface area contributed by atoms with Crippen molar-refractivity contribution in [2.24, 2.45) is 0 Å². The number of benzene rings is 11. The number of hydrogen-bond donors (Lipinski definition) is 0. The van der Waals surface area contributed by atoms with Gasteiger partial charge in [0.2, 0.25) is 0 Å². The minimum absolute atomic E-state index is 0.606. The largest absolute Gasteiger partial charge is 0.309 e. The van der Waals surface area contributed by atoms with Crippen LogP contribution >= 0.6 is 0 Å². The molecule has 0 saturated carbocycles. The van der Waals surface area contributed by atoms with E-state index in [0.717, 1.165) is 61.0 Å². The fourth-order valence-electron chi connectivity index (χ4n) is 10.6. The number of rotatable bonds is 6. The summed E-state index contributed by atoms with van der Waals surface area (Å²) >= 11 is 0. The Labute approximate surface area is 391 Å². The Bertz CT molecular complexity index is 4330. The van der Waals surface area contributed by atoms with Gasteiger partial charge in [-0.2, -0.15) is 0 Å². The molecule has 0 aliphatic heterocycles. The van der Waals surface area contributed by atoms with Crippen LogP contribution in [0, 0.1) is 0 Å². The van der Waals surface area contributed by atoms with Crippen LogP contribution in [-0.2, 0) is 0 Å². The van der Waals surface area contributed by atoms with Gasteiger partial charge in [-0.3, -0.25) is 0 Å². The zero-order valence-corrected chi connectivity index (χ0v) is 36.8. The Kier molecular flexibility index (Phi) is 8.52. The minimum Gasteiger partial charge on any atom is -0.309 e. The summed E-state index contributed by atoms with van der Waals surface area (Å²) in [6.45, 7) is 0. The summed E-state index contributed by atoms with van der Waals surface area (Å²) in [5, 5.41) is 11.9. The minimum atomic E-state index is 0.606. The molecule has 5 heteroatoms. The molecule has 0 atom stereocenters. The average molecular weight is 866 g/mol. The van der Waals surface area contributed by atoms with Gasteiger partial charge in [0.15, 0.2) is 17.5 Å². The van der Waals surface area contributed by atoms with E-state index in [1.165, 1.54) is 54.1 Å². The topological polar surface area (TPSA) is 48.5 Å². The lowest BCUT2D eigenvalue weighted by molar-refractivity contribution is 1.07. The van der Waals surface area contributed by atoms with Crippen molar-refractivity contribution in [3.05, 3.63) is 237 Å². The first-order valence-corrected chi connectivity index (χ1v) is 23.1. The standard InChI is InChI=1S/C63H39N5/c1-2-16-40(17-3-1)48-26-10-11-29-53(48)62-64-61(65-63(66-62)54-30-15-22-41-18-6-8-25-49(41)54)45-23-14-24-46(36-45)67-58-35-33-47(39-56(58)55-37-43-20-4-5-21-44(43)38-59(55)67)68-57-31-13-12-28-51(57)52-34-32-42-19-7-9-27-50(42)60(52)68/h1-39H. The Morgan fingerprint density at radius 2 is 0.809 bits per heavy atom. The zero-order valence-electron chi connectivity index (χ0n) is 36.8. The molecule has 0 spiro atoms. The second-order valence-electron chi connectivity index (χ2n) is 17.6. The smallest absolute Gasteiger partial charge is 0.164 e. The Morgan fingerprint density at radius 3 is 1.65 bits per heavy atom. The van der Waals surface area contributed by atoms with Crippen LogP contribution in [0.15, 0.2) is 237 Å². The summed E-state index contributed by atoms with van der Waals surface area (Å²) in [5.41, 5.74) is 11.8. The van der Waals surface area contributed by atoms with Gasteiger partial charge in [-0.05, 0) is 86.6 Å². The van der Waals surface area contributed by atoms with Crippen molar-refractivity contribution < 1.29 is 0 Å². The van der Waals surface area contributed by atoms with Crippen molar-refractivity contribution in [3.8, 4) is 56.7 Å². The van der Waals surface area contributed by atoms with Crippen molar-refractivity contribution in [2.75, 3.05) is 0 Å². The highest BCUT2D eigenvalue weighted by Gasteiger charge is 2.21. The van der Waals surface area contributed by atoms with Crippen LogP contribution in [0.4, 0.5) is 0 Å². The molecular weight excluding hydrogens is 827 g/mol. The first kappa shape index (κ1) is 38.1. The molecule has 0 amide bonds. The summed E-state index contributed by atoms with van der Waals surface area (Å²) in [7, 11) is 0. The highest BCUT2D eigenvalue weighted by atomic mass is 15.0. The van der Waals surface area contributed by atoms with Crippen LogP contribution < -0.4 is 0 Å². The molecule has 14 rings (SSSR count). The van der Waals surface area contributed by atoms with E-state index < -0.39 is 0 Å². The molecule has 11 aromatic carbocycles. The van der Waals surface area contributed by atoms with Gasteiger partial charge in [0, 0.05) is 55.0 Å². The summed E-state index contributed by atoms with van der Waals surface area (Å²) < 4.78 is 4.86. The SMILES string of the molecule is c1ccc(-c2ccccc2-c2nc(-c3cccc(-n4c5ccc(-n6c7ccccc7c7ccc8ccccc8c76)cc5c5cc6ccccc6cc54)c3)nc(-c3cccc4ccccc34)n2)cc1. The van der Waals surface area contributed by atoms with Gasteiger partial charge in [0.25, 0.3) is 0 Å². The lowest BCUT2D eigenvalue weighted by atomic mass is 9.99. The summed E-state index contributed by atoms with van der Waals surface area (Å²) in [5.74, 6) is 1.86. The third-order valence-corrected chi connectivity index (χ3v) is 13.7. The second kappa shape index (κ2) is 15.2. The lowest BCUT2D eigenvalue weighted by Gasteiger charge is -2.14. The van der Waals surface area contributed by atoms with Gasteiger partial charge in [-0.25, -0.2) is 15.0 Å². The van der Waals surface area contributed by atoms with Crippen molar-refractivity contribution in [1.29, 1.82) is 0 Å². The van der Waals surface area contributed by atoms with E-state index in [9.17, 15) is 0 Å². The molecule has 3 aromatic heterocycles. The van der Waals surface area contributed by atoms with Gasteiger partial charge in [0.1, 0.15) is 0 Å². The van der Waals surface area contributed by atoms with Gasteiger partial charge in [-0.15, -0.1) is 0 Å². The number of para-hydroxylation sites is 1. The molecule has 3 heterocycles. The van der Waals surface area contributed by atoms with E-state index >= 15 is 0 Å². The van der Waals surface area contributed by atoms with E-state index in [2.05, 4.69) is 240 Å². The van der Waals surface area contributed by atoms with E-state index in [1.54, 1.807) is 0 Å². The molecule has 0 radical (unpaired) electrons. The summed E-state index contributed by atoms with van der Waals surface area (Å²) in [6, 6.07) is 84.7. The third-order valence-electron chi connectivity index (χ3n) is 13.7. The molecular formula is C63H39N5. The van der Waals surface area contributed by atoms with Gasteiger partial charge < -0.3 is 9.13 Å². The predicted octanol–water partition coefficient (Wildman–Crippen LogP) is 16.2. The number of hydrogen-bond acceptors (Lipinski definition) is 3. The molecule has 5 nitrogen and oxygen atoms in total. The molecule has 316 valence electrons. The third kappa shape index (κ3) is 5.99. The molecule has 0 unspecified atom stereocenters. The van der Waals surface area contributed by atoms with Gasteiger partial charge >= 0.3 is 0 Å². The number of aromatic nitrogens is 5. The maximum atomic E-state index is 5.33. The lowest BCUT2D eigenvalue weighted by Crippen LogP contribution is -2.02. The van der Waals surface area contributed by atoms with Crippen molar-refractivity contribution in [3.63, 3.8) is 0 Å². The maximum absolute atomic E-state index is 5.33. The van der Waals surface area contributed by atoms with Crippen LogP contribution in [0.25, 0.3) is 133 Å². The Balaban J connectivity index is 0.998. The molecule has 14 aromatic rings. The zero-order chi connectivity index (χ0) is 44.7.